The molecule has 7 heteroatoms. The predicted octanol–water partition coefficient (Wildman–Crippen LogP) is 4.69. The van der Waals surface area contributed by atoms with Crippen LogP contribution in [0.1, 0.15) is 40.1 Å². The van der Waals surface area contributed by atoms with Gasteiger partial charge in [-0.15, -0.1) is 0 Å². The highest BCUT2D eigenvalue weighted by Gasteiger charge is 2.19. The van der Waals surface area contributed by atoms with Crippen molar-refractivity contribution in [3.05, 3.63) is 88.6 Å². The van der Waals surface area contributed by atoms with Gasteiger partial charge in [-0.3, -0.25) is 9.59 Å². The number of pyridine rings is 1. The molecule has 0 unspecified atom stereocenters. The third-order valence-electron chi connectivity index (χ3n) is 4.88. The van der Waals surface area contributed by atoms with Crippen molar-refractivity contribution < 1.29 is 9.59 Å². The van der Waals surface area contributed by atoms with E-state index in [1.165, 1.54) is 6.20 Å². The number of rotatable bonds is 6. The van der Waals surface area contributed by atoms with Crippen molar-refractivity contribution >= 4 is 34.9 Å². The molecule has 0 spiro atoms. The highest BCUT2D eigenvalue weighted by atomic mass is 35.5. The van der Waals surface area contributed by atoms with Gasteiger partial charge in [0.1, 0.15) is 5.82 Å². The smallest absolute Gasteiger partial charge is 0.258 e. The van der Waals surface area contributed by atoms with Crippen LogP contribution in [-0.2, 0) is 5.54 Å². The summed E-state index contributed by atoms with van der Waals surface area (Å²) in [5.74, 6) is -0.311. The molecular formula is C23H23ClN4O2. The maximum absolute atomic E-state index is 12.7. The Labute approximate surface area is 180 Å². The first-order valence-corrected chi connectivity index (χ1v) is 9.81. The number of carbonyl (C=O) groups is 2. The molecular weight excluding hydrogens is 400 g/mol. The van der Waals surface area contributed by atoms with E-state index in [0.717, 1.165) is 5.56 Å². The molecule has 6 nitrogen and oxygen atoms in total. The van der Waals surface area contributed by atoms with Gasteiger partial charge in [0.25, 0.3) is 11.8 Å². The second kappa shape index (κ2) is 9.07. The molecule has 3 N–H and O–H groups in total. The Hall–Kier alpha value is -3.22. The number of aromatic nitrogens is 1. The zero-order chi connectivity index (χ0) is 21.7. The van der Waals surface area contributed by atoms with Crippen molar-refractivity contribution in [2.24, 2.45) is 0 Å². The molecule has 0 saturated carbocycles. The Morgan fingerprint density at radius 2 is 1.60 bits per heavy atom. The normalized spacial score (nSPS) is 11.1. The van der Waals surface area contributed by atoms with E-state index in [2.05, 4.69) is 34.8 Å². The standard InChI is InChI=1S/C23H23ClN4O2/c1-23(2,25-3)16-10-8-15(9-11-16)21(29)27-19-7-5-4-6-18(19)22(30)28-20-13-12-17(24)14-26-20/h4-14,25H,1-3H3,(H,27,29)(H,26,28,30). The number of para-hydroxylation sites is 1. The van der Waals surface area contributed by atoms with Crippen LogP contribution in [-0.4, -0.2) is 23.8 Å². The fraction of sp³-hybridized carbons (Fsp3) is 0.174. The van der Waals surface area contributed by atoms with E-state index >= 15 is 0 Å². The molecule has 3 aromatic rings. The SMILES string of the molecule is CNC(C)(C)c1ccc(C(=O)Nc2ccccc2C(=O)Nc2ccc(Cl)cn2)cc1. The zero-order valence-electron chi connectivity index (χ0n) is 17.0. The molecule has 0 saturated heterocycles. The van der Waals surface area contributed by atoms with E-state index in [-0.39, 0.29) is 17.4 Å². The van der Waals surface area contributed by atoms with Crippen LogP contribution < -0.4 is 16.0 Å². The molecule has 154 valence electrons. The minimum atomic E-state index is -0.383. The number of halogens is 1. The lowest BCUT2D eigenvalue weighted by molar-refractivity contribution is 0.102. The molecule has 30 heavy (non-hydrogen) atoms. The van der Waals surface area contributed by atoms with Crippen molar-refractivity contribution in [3.63, 3.8) is 0 Å². The van der Waals surface area contributed by atoms with E-state index in [1.807, 2.05) is 19.2 Å². The van der Waals surface area contributed by atoms with Gasteiger partial charge < -0.3 is 16.0 Å². The van der Waals surface area contributed by atoms with Gasteiger partial charge in [-0.2, -0.15) is 0 Å². The van der Waals surface area contributed by atoms with E-state index in [1.54, 1.807) is 48.5 Å². The first kappa shape index (κ1) is 21.5. The van der Waals surface area contributed by atoms with Crippen molar-refractivity contribution in [3.8, 4) is 0 Å². The molecule has 0 atom stereocenters. The summed E-state index contributed by atoms with van der Waals surface area (Å²) in [6, 6.07) is 17.4. The third-order valence-corrected chi connectivity index (χ3v) is 5.11. The maximum Gasteiger partial charge on any atom is 0.258 e. The lowest BCUT2D eigenvalue weighted by atomic mass is 9.93. The average molecular weight is 423 g/mol. The van der Waals surface area contributed by atoms with E-state index < -0.39 is 0 Å². The summed E-state index contributed by atoms with van der Waals surface area (Å²) in [4.78, 5) is 29.5. The molecule has 2 amide bonds. The van der Waals surface area contributed by atoms with Crippen molar-refractivity contribution in [2.45, 2.75) is 19.4 Å². The summed E-state index contributed by atoms with van der Waals surface area (Å²) in [7, 11) is 1.89. The zero-order valence-corrected chi connectivity index (χ0v) is 17.7. The van der Waals surface area contributed by atoms with Crippen LogP contribution in [0.2, 0.25) is 5.02 Å². The number of nitrogens with zero attached hydrogens (tertiary/aromatic N) is 1. The highest BCUT2D eigenvalue weighted by molar-refractivity contribution is 6.30. The maximum atomic E-state index is 12.7. The van der Waals surface area contributed by atoms with Crippen LogP contribution in [0.3, 0.4) is 0 Å². The van der Waals surface area contributed by atoms with Gasteiger partial charge in [-0.25, -0.2) is 4.98 Å². The largest absolute Gasteiger partial charge is 0.321 e. The van der Waals surface area contributed by atoms with Crippen LogP contribution in [0.25, 0.3) is 0 Å². The van der Waals surface area contributed by atoms with Gasteiger partial charge in [0, 0.05) is 17.3 Å². The van der Waals surface area contributed by atoms with Crippen LogP contribution >= 0.6 is 11.6 Å². The number of carbonyl (C=O) groups excluding carboxylic acids is 2. The first-order valence-electron chi connectivity index (χ1n) is 9.43. The summed E-state index contributed by atoms with van der Waals surface area (Å²) < 4.78 is 0. The van der Waals surface area contributed by atoms with Crippen LogP contribution in [0.4, 0.5) is 11.5 Å². The molecule has 0 aliphatic rings. The number of amides is 2. The van der Waals surface area contributed by atoms with E-state index in [9.17, 15) is 9.59 Å². The van der Waals surface area contributed by atoms with Crippen LogP contribution in [0, 0.1) is 0 Å². The number of hydrogen-bond acceptors (Lipinski definition) is 4. The number of anilines is 2. The van der Waals surface area contributed by atoms with Crippen molar-refractivity contribution in [1.82, 2.24) is 10.3 Å². The van der Waals surface area contributed by atoms with Gasteiger partial charge in [0.15, 0.2) is 0 Å². The van der Waals surface area contributed by atoms with Gasteiger partial charge in [-0.1, -0.05) is 35.9 Å². The average Bonchev–Trinajstić information content (AvgIpc) is 2.75. The summed E-state index contributed by atoms with van der Waals surface area (Å²) in [6.45, 7) is 4.12. The molecule has 0 radical (unpaired) electrons. The molecule has 0 aliphatic carbocycles. The quantitative estimate of drug-likeness (QED) is 0.538. The Balaban J connectivity index is 1.76. The fourth-order valence-corrected chi connectivity index (χ4v) is 2.91. The predicted molar refractivity (Wildman–Crippen MR) is 120 cm³/mol. The topological polar surface area (TPSA) is 83.1 Å². The summed E-state index contributed by atoms with van der Waals surface area (Å²) in [5, 5.41) is 9.23. The summed E-state index contributed by atoms with van der Waals surface area (Å²) in [6.07, 6.45) is 1.45. The van der Waals surface area contributed by atoms with Crippen LogP contribution in [0.5, 0.6) is 0 Å². The molecule has 3 rings (SSSR count). The van der Waals surface area contributed by atoms with Crippen LogP contribution in [0.15, 0.2) is 66.9 Å². The highest BCUT2D eigenvalue weighted by Crippen LogP contribution is 2.21. The third kappa shape index (κ3) is 5.03. The lowest BCUT2D eigenvalue weighted by Gasteiger charge is -2.24. The lowest BCUT2D eigenvalue weighted by Crippen LogP contribution is -2.33. The number of benzene rings is 2. The van der Waals surface area contributed by atoms with Gasteiger partial charge in [0.2, 0.25) is 0 Å². The minimum absolute atomic E-state index is 0.199. The molecule has 1 heterocycles. The first-order chi connectivity index (χ1) is 14.3. The van der Waals surface area contributed by atoms with Gasteiger partial charge in [-0.05, 0) is 62.9 Å². The molecule has 2 aromatic carbocycles. The van der Waals surface area contributed by atoms with E-state index in [4.69, 9.17) is 11.6 Å². The Morgan fingerprint density at radius 3 is 2.23 bits per heavy atom. The molecule has 0 fully saturated rings. The Kier molecular flexibility index (Phi) is 6.50. The van der Waals surface area contributed by atoms with Crippen molar-refractivity contribution in [2.75, 3.05) is 17.7 Å². The Morgan fingerprint density at radius 1 is 0.900 bits per heavy atom. The second-order valence-corrected chi connectivity index (χ2v) is 7.70. The minimum Gasteiger partial charge on any atom is -0.321 e. The molecule has 0 bridgehead atoms. The second-order valence-electron chi connectivity index (χ2n) is 7.27. The van der Waals surface area contributed by atoms with E-state index in [0.29, 0.717) is 27.7 Å². The summed E-state index contributed by atoms with van der Waals surface area (Å²) in [5.41, 5.74) is 2.11. The molecule has 1 aromatic heterocycles. The number of hydrogen-bond donors (Lipinski definition) is 3. The number of nitrogens with one attached hydrogen (secondary N) is 3. The summed E-state index contributed by atoms with van der Waals surface area (Å²) >= 11 is 5.82. The Bertz CT molecular complexity index is 1050. The fourth-order valence-electron chi connectivity index (χ4n) is 2.80. The van der Waals surface area contributed by atoms with Crippen molar-refractivity contribution in [1.29, 1.82) is 0 Å². The monoisotopic (exact) mass is 422 g/mol. The molecule has 0 aliphatic heterocycles. The van der Waals surface area contributed by atoms with Gasteiger partial charge >= 0.3 is 0 Å². The van der Waals surface area contributed by atoms with Gasteiger partial charge in [0.05, 0.1) is 16.3 Å².